The van der Waals surface area contributed by atoms with Gasteiger partial charge in [-0.05, 0) is 33.2 Å². The van der Waals surface area contributed by atoms with Crippen LogP contribution in [0.5, 0.6) is 0 Å². The van der Waals surface area contributed by atoms with Gasteiger partial charge in [0.2, 0.25) is 5.91 Å². The summed E-state index contributed by atoms with van der Waals surface area (Å²) in [7, 11) is 2.19. The molecule has 2 saturated heterocycles. The molecule has 6 nitrogen and oxygen atoms in total. The van der Waals surface area contributed by atoms with Crippen LogP contribution in [0, 0.1) is 6.92 Å². The number of carbonyl (C=O) groups excluding carboxylic acids is 1. The highest BCUT2D eigenvalue weighted by molar-refractivity contribution is 5.73. The molecule has 2 aliphatic heterocycles. The molecule has 6 heteroatoms. The van der Waals surface area contributed by atoms with Gasteiger partial charge in [-0.3, -0.25) is 9.69 Å². The van der Waals surface area contributed by atoms with Gasteiger partial charge in [0.1, 0.15) is 5.82 Å². The quantitative estimate of drug-likeness (QED) is 0.888. The van der Waals surface area contributed by atoms with Gasteiger partial charge < -0.3 is 10.2 Å². The fourth-order valence-corrected chi connectivity index (χ4v) is 4.76. The molecule has 1 atom stereocenters. The third-order valence-corrected chi connectivity index (χ3v) is 6.23. The third-order valence-electron chi connectivity index (χ3n) is 6.23. The highest BCUT2D eigenvalue weighted by Crippen LogP contribution is 2.38. The molecular weight excluding hydrogens is 350 g/mol. The number of carbonyl (C=O) groups is 1. The van der Waals surface area contributed by atoms with Crippen molar-refractivity contribution in [1.82, 2.24) is 20.2 Å². The van der Waals surface area contributed by atoms with Crippen molar-refractivity contribution in [3.8, 4) is 11.4 Å². The molecular formula is C22H29N5O. The molecule has 0 aliphatic carbocycles. The Morgan fingerprint density at radius 1 is 1.18 bits per heavy atom. The number of benzene rings is 1. The van der Waals surface area contributed by atoms with E-state index < -0.39 is 0 Å². The number of nitrogens with zero attached hydrogens (tertiary/aromatic N) is 4. The number of likely N-dealkylation sites (tertiary alicyclic amines) is 1. The smallest absolute Gasteiger partial charge is 0.217 e. The van der Waals surface area contributed by atoms with Crippen LogP contribution in [0.3, 0.4) is 0 Å². The fraction of sp³-hybridized carbons (Fsp3) is 0.500. The number of amides is 1. The van der Waals surface area contributed by atoms with Crippen LogP contribution in [0.2, 0.25) is 0 Å². The second-order valence-electron chi connectivity index (χ2n) is 8.25. The normalized spacial score (nSPS) is 21.8. The van der Waals surface area contributed by atoms with E-state index in [9.17, 15) is 4.79 Å². The van der Waals surface area contributed by atoms with E-state index in [-0.39, 0.29) is 17.5 Å². The summed E-state index contributed by atoms with van der Waals surface area (Å²) < 4.78 is 0. The van der Waals surface area contributed by atoms with E-state index in [1.807, 2.05) is 25.1 Å². The molecule has 2 fully saturated rings. The van der Waals surface area contributed by atoms with E-state index in [2.05, 4.69) is 45.3 Å². The number of anilines is 1. The lowest BCUT2D eigenvalue weighted by Crippen LogP contribution is -2.51. The average molecular weight is 380 g/mol. The monoisotopic (exact) mass is 379 g/mol. The Hall–Kier alpha value is -2.47. The van der Waals surface area contributed by atoms with Gasteiger partial charge in [0.15, 0.2) is 5.82 Å². The van der Waals surface area contributed by atoms with Crippen LogP contribution >= 0.6 is 0 Å². The molecule has 2 aliphatic rings. The predicted molar refractivity (Wildman–Crippen MR) is 111 cm³/mol. The average Bonchev–Trinajstić information content (AvgIpc) is 2.96. The van der Waals surface area contributed by atoms with Crippen molar-refractivity contribution >= 4 is 11.7 Å². The zero-order valence-electron chi connectivity index (χ0n) is 17.0. The van der Waals surface area contributed by atoms with Gasteiger partial charge in [0.05, 0.1) is 0 Å². The second-order valence-corrected chi connectivity index (χ2v) is 8.25. The number of piperidine rings is 1. The van der Waals surface area contributed by atoms with Crippen LogP contribution in [0.15, 0.2) is 36.4 Å². The third kappa shape index (κ3) is 3.74. The van der Waals surface area contributed by atoms with Crippen molar-refractivity contribution in [1.29, 1.82) is 0 Å². The van der Waals surface area contributed by atoms with Gasteiger partial charge >= 0.3 is 0 Å². The number of hydrogen-bond acceptors (Lipinski definition) is 5. The van der Waals surface area contributed by atoms with Crippen molar-refractivity contribution in [2.45, 2.75) is 44.7 Å². The van der Waals surface area contributed by atoms with Gasteiger partial charge in [0, 0.05) is 55.5 Å². The lowest BCUT2D eigenvalue weighted by Gasteiger charge is -2.44. The maximum atomic E-state index is 11.4. The zero-order chi connectivity index (χ0) is 19.7. The standard InChI is InChI=1S/C22H29N5O/c1-16-13-20(25-21(23-16)18-7-5-4-6-8-18)27-11-9-22(10-12-27)14-19(15-26(22)3)24-17(2)28/h4-8,13,19H,9-12,14-15H2,1-3H3,(H,24,28)/t19-/m1/s1. The molecule has 1 aromatic heterocycles. The summed E-state index contributed by atoms with van der Waals surface area (Å²) in [6.07, 6.45) is 3.21. The van der Waals surface area contributed by atoms with Crippen molar-refractivity contribution in [3.63, 3.8) is 0 Å². The molecule has 3 heterocycles. The molecule has 1 aromatic carbocycles. The topological polar surface area (TPSA) is 61.4 Å². The molecule has 1 amide bonds. The van der Waals surface area contributed by atoms with Crippen LogP contribution in [-0.4, -0.2) is 59.0 Å². The predicted octanol–water partition coefficient (Wildman–Crippen LogP) is 2.63. The van der Waals surface area contributed by atoms with Gasteiger partial charge in [-0.15, -0.1) is 0 Å². The first-order valence-electron chi connectivity index (χ1n) is 10.1. The number of hydrogen-bond donors (Lipinski definition) is 1. The Labute approximate surface area is 167 Å². The Balaban J connectivity index is 1.49. The first-order valence-corrected chi connectivity index (χ1v) is 10.1. The number of rotatable bonds is 3. The van der Waals surface area contributed by atoms with Gasteiger partial charge in [-0.2, -0.15) is 0 Å². The zero-order valence-corrected chi connectivity index (χ0v) is 17.0. The van der Waals surface area contributed by atoms with Crippen molar-refractivity contribution in [2.75, 3.05) is 31.6 Å². The van der Waals surface area contributed by atoms with Crippen LogP contribution in [-0.2, 0) is 4.79 Å². The van der Waals surface area contributed by atoms with Crippen molar-refractivity contribution < 1.29 is 4.79 Å². The first kappa shape index (κ1) is 18.9. The molecule has 0 radical (unpaired) electrons. The van der Waals surface area contributed by atoms with E-state index in [0.29, 0.717) is 0 Å². The SMILES string of the molecule is CC(=O)N[C@H]1CN(C)C2(CCN(c3cc(C)nc(-c4ccccc4)n3)CC2)C1. The number of nitrogens with one attached hydrogen (secondary N) is 1. The van der Waals surface area contributed by atoms with E-state index in [4.69, 9.17) is 4.98 Å². The van der Waals surface area contributed by atoms with Crippen LogP contribution in [0.1, 0.15) is 31.9 Å². The van der Waals surface area contributed by atoms with Crippen LogP contribution in [0.25, 0.3) is 11.4 Å². The summed E-state index contributed by atoms with van der Waals surface area (Å²) in [5.74, 6) is 1.87. The summed E-state index contributed by atoms with van der Waals surface area (Å²) in [4.78, 5) is 25.8. The number of aromatic nitrogens is 2. The minimum absolute atomic E-state index is 0.0674. The Morgan fingerprint density at radius 3 is 2.57 bits per heavy atom. The summed E-state index contributed by atoms with van der Waals surface area (Å²) in [6, 6.07) is 12.5. The molecule has 0 bridgehead atoms. The van der Waals surface area contributed by atoms with Gasteiger partial charge in [-0.1, -0.05) is 30.3 Å². The highest BCUT2D eigenvalue weighted by Gasteiger charge is 2.45. The Bertz CT molecular complexity index is 845. The second kappa shape index (κ2) is 7.51. The van der Waals surface area contributed by atoms with Gasteiger partial charge in [0.25, 0.3) is 0 Å². The first-order chi connectivity index (χ1) is 13.4. The summed E-state index contributed by atoms with van der Waals surface area (Å²) in [5.41, 5.74) is 2.23. The Morgan fingerprint density at radius 2 is 1.89 bits per heavy atom. The van der Waals surface area contributed by atoms with Crippen LogP contribution < -0.4 is 10.2 Å². The lowest BCUT2D eigenvalue weighted by molar-refractivity contribution is -0.119. The maximum absolute atomic E-state index is 11.4. The van der Waals surface area contributed by atoms with E-state index in [1.165, 1.54) is 0 Å². The van der Waals surface area contributed by atoms with E-state index >= 15 is 0 Å². The maximum Gasteiger partial charge on any atom is 0.217 e. The van der Waals surface area contributed by atoms with Gasteiger partial charge in [-0.25, -0.2) is 9.97 Å². The van der Waals surface area contributed by atoms with Crippen molar-refractivity contribution in [2.24, 2.45) is 0 Å². The summed E-state index contributed by atoms with van der Waals surface area (Å²) in [5, 5.41) is 3.10. The van der Waals surface area contributed by atoms with E-state index in [1.54, 1.807) is 6.92 Å². The lowest BCUT2D eigenvalue weighted by atomic mass is 9.84. The summed E-state index contributed by atoms with van der Waals surface area (Å²) in [6.45, 7) is 6.52. The minimum atomic E-state index is 0.0674. The molecule has 1 spiro atoms. The molecule has 0 unspecified atom stereocenters. The minimum Gasteiger partial charge on any atom is -0.356 e. The molecule has 2 aromatic rings. The molecule has 1 N–H and O–H groups in total. The summed E-state index contributed by atoms with van der Waals surface area (Å²) >= 11 is 0. The molecule has 4 rings (SSSR count). The Kier molecular flexibility index (Phi) is 5.06. The molecule has 28 heavy (non-hydrogen) atoms. The van der Waals surface area contributed by atoms with Crippen LogP contribution in [0.4, 0.5) is 5.82 Å². The van der Waals surface area contributed by atoms with E-state index in [0.717, 1.165) is 61.8 Å². The highest BCUT2D eigenvalue weighted by atomic mass is 16.1. The largest absolute Gasteiger partial charge is 0.356 e. The number of likely N-dealkylation sites (N-methyl/N-ethyl adjacent to an activating group) is 1. The van der Waals surface area contributed by atoms with Crippen molar-refractivity contribution in [3.05, 3.63) is 42.1 Å². The molecule has 148 valence electrons. The number of aryl methyl sites for hydroxylation is 1. The fourth-order valence-electron chi connectivity index (χ4n) is 4.76. The molecule has 0 saturated carbocycles.